The Labute approximate surface area is 398 Å². The van der Waals surface area contributed by atoms with Crippen molar-refractivity contribution in [3.05, 3.63) is 0 Å². The van der Waals surface area contributed by atoms with Crippen molar-refractivity contribution >= 4 is 59.2 Å². The van der Waals surface area contributed by atoms with Crippen LogP contribution >= 0.6 is 0 Å². The van der Waals surface area contributed by atoms with Crippen molar-refractivity contribution in [1.29, 1.82) is 0 Å². The van der Waals surface area contributed by atoms with Crippen LogP contribution in [-0.2, 0) is 43.2 Å². The number of likely N-dealkylation sites (N-methyl/N-ethyl adjacent to an activating group) is 4. The Hall–Kier alpha value is -5.34. The summed E-state index contributed by atoms with van der Waals surface area (Å²) in [6, 6.07) is -10.0. The number of hydrogen-bond donors (Lipinski definition) is 7. The third-order valence-electron chi connectivity index (χ3n) is 11.8. The quantitative estimate of drug-likeness (QED) is 0.0665. The smallest absolute Gasteiger partial charge is 0.323 e. The van der Waals surface area contributed by atoms with Crippen LogP contribution in [0.3, 0.4) is 0 Å². The second-order valence-electron chi connectivity index (χ2n) is 19.4. The highest BCUT2D eigenvalue weighted by Crippen LogP contribution is 2.18. The summed E-state index contributed by atoms with van der Waals surface area (Å²) in [5.74, 6) is -6.28. The van der Waals surface area contributed by atoms with Crippen molar-refractivity contribution in [3.63, 3.8) is 0 Å². The van der Waals surface area contributed by atoms with Crippen LogP contribution in [0.15, 0.2) is 0 Å². The number of hydrogen-bond acceptors (Lipinski definition) is 11. The van der Waals surface area contributed by atoms with Gasteiger partial charge in [0.05, 0.1) is 6.10 Å². The van der Waals surface area contributed by atoms with Gasteiger partial charge in [-0.15, -0.1) is 0 Å². The molecule has 11 amide bonds. The molecule has 21 heteroatoms. The van der Waals surface area contributed by atoms with Gasteiger partial charge in [0.1, 0.15) is 48.3 Å². The lowest BCUT2D eigenvalue weighted by molar-refractivity contribution is -0.149. The SMILES string of the molecule is CNC(=O)N(C)C(=O)[C@@H](NC(=O)[C@H](C)N(C)C(=O)[C@H](CC(C)C)N(C)C(=O)[C@H](C)NC(=O)[C@H](C)NC(=O)[C@H](CC(C)C)NC(=O)[C@H](CC(C)C)N(C)C(=O)[C@H](C)NC(=O)[C@@H](C)C(C)C)[C@@H](C)O. The minimum absolute atomic E-state index is 0.0326. The maximum atomic E-state index is 14.0. The normalized spacial score (nSPS) is 15.9. The fourth-order valence-electron chi connectivity index (χ4n) is 6.88. The Kier molecular flexibility index (Phi) is 25.9. The van der Waals surface area contributed by atoms with Crippen LogP contribution in [0.1, 0.15) is 116 Å². The Morgan fingerprint density at radius 2 is 0.881 bits per heavy atom. The number of carbonyl (C=O) groups is 10. The number of imide groups is 1. The Balaban J connectivity index is 6.11. The highest BCUT2D eigenvalue weighted by Gasteiger charge is 2.39. The first-order valence-electron chi connectivity index (χ1n) is 23.2. The molecule has 7 N–H and O–H groups in total. The first kappa shape index (κ1) is 61.7. The number of nitrogens with one attached hydrogen (secondary N) is 6. The van der Waals surface area contributed by atoms with Crippen molar-refractivity contribution in [2.24, 2.45) is 29.6 Å². The van der Waals surface area contributed by atoms with Crippen LogP contribution < -0.4 is 31.9 Å². The third-order valence-corrected chi connectivity index (χ3v) is 11.8. The molecule has 0 rings (SSSR count). The van der Waals surface area contributed by atoms with Crippen molar-refractivity contribution in [1.82, 2.24) is 51.5 Å². The molecule has 0 fully saturated rings. The van der Waals surface area contributed by atoms with E-state index >= 15 is 0 Å². The minimum Gasteiger partial charge on any atom is -0.391 e. The topological polar surface area (TPSA) is 276 Å². The van der Waals surface area contributed by atoms with Gasteiger partial charge in [0.25, 0.3) is 5.91 Å². The zero-order valence-corrected chi connectivity index (χ0v) is 43.5. The predicted octanol–water partition coefficient (Wildman–Crippen LogP) is 0.580. The van der Waals surface area contributed by atoms with Crippen LogP contribution in [0.25, 0.3) is 0 Å². The van der Waals surface area contributed by atoms with E-state index in [0.29, 0.717) is 4.90 Å². The molecule has 0 aromatic heterocycles. The number of urea groups is 1. The van der Waals surface area contributed by atoms with Crippen LogP contribution in [-0.4, -0.2) is 174 Å². The number of aliphatic hydroxyl groups excluding tert-OH is 1. The standard InChI is InChI=1S/C46H84N10O11/c1-23(2)20-33(51-41(62)34(21-24(3)4)54(17)42(63)29(11)49-37(58)27(9)26(7)8)40(61)48-28(10)38(59)50-30(12)43(64)55(18)35(22-25(5)6)44(65)53(16)31(13)39(60)52-36(32(14)57)45(66)56(19)46(67)47-15/h23-36,57H,20-22H2,1-19H3,(H,47,67)(H,48,61)(H,49,58)(H,50,59)(H,51,62)(H,52,60)/t27-,28-,29-,30-,31-,32+,33-,34-,35-,36-/m0/s1. The van der Waals surface area contributed by atoms with E-state index in [-0.39, 0.29) is 54.8 Å². The van der Waals surface area contributed by atoms with E-state index in [9.17, 15) is 53.1 Å². The van der Waals surface area contributed by atoms with E-state index in [1.165, 1.54) is 72.7 Å². The molecule has 67 heavy (non-hydrogen) atoms. The number of amides is 11. The molecule has 0 heterocycles. The number of rotatable bonds is 25. The highest BCUT2D eigenvalue weighted by atomic mass is 16.3. The molecule has 0 unspecified atom stereocenters. The second kappa shape index (κ2) is 28.1. The summed E-state index contributed by atoms with van der Waals surface area (Å²) in [5.41, 5.74) is 0. The molecule has 0 bridgehead atoms. The molecule has 0 spiro atoms. The number of aliphatic hydroxyl groups is 1. The largest absolute Gasteiger partial charge is 0.391 e. The lowest BCUT2D eigenvalue weighted by Gasteiger charge is -2.35. The van der Waals surface area contributed by atoms with Gasteiger partial charge >= 0.3 is 6.03 Å². The lowest BCUT2D eigenvalue weighted by Crippen LogP contribution is -2.60. The Bertz CT molecular complexity index is 1740. The third kappa shape index (κ3) is 19.1. The van der Waals surface area contributed by atoms with E-state index in [1.54, 1.807) is 13.8 Å². The van der Waals surface area contributed by atoms with E-state index in [2.05, 4.69) is 31.9 Å². The molecule has 0 aromatic rings. The van der Waals surface area contributed by atoms with Crippen molar-refractivity contribution in [2.75, 3.05) is 35.2 Å². The molecule has 0 saturated heterocycles. The first-order valence-corrected chi connectivity index (χ1v) is 23.2. The van der Waals surface area contributed by atoms with Gasteiger partial charge in [-0.1, -0.05) is 62.3 Å². The molecule has 21 nitrogen and oxygen atoms in total. The summed E-state index contributed by atoms with van der Waals surface area (Å²) < 4.78 is 0. The summed E-state index contributed by atoms with van der Waals surface area (Å²) in [4.78, 5) is 138. The zero-order valence-electron chi connectivity index (χ0n) is 43.5. The van der Waals surface area contributed by atoms with Gasteiger partial charge in [-0.3, -0.25) is 48.1 Å². The monoisotopic (exact) mass is 953 g/mol. The van der Waals surface area contributed by atoms with Gasteiger partial charge < -0.3 is 51.7 Å². The molecular formula is C46H84N10O11. The molecule has 0 radical (unpaired) electrons. The van der Waals surface area contributed by atoms with Crippen LogP contribution in [0.2, 0.25) is 0 Å². The number of carbonyl (C=O) groups excluding carboxylic acids is 10. The average molecular weight is 953 g/mol. The first-order chi connectivity index (χ1) is 30.7. The van der Waals surface area contributed by atoms with Crippen LogP contribution in [0.4, 0.5) is 4.79 Å². The second-order valence-corrected chi connectivity index (χ2v) is 19.4. The fraction of sp³-hybridized carbons (Fsp3) is 0.783. The lowest BCUT2D eigenvalue weighted by atomic mass is 9.97. The van der Waals surface area contributed by atoms with Gasteiger partial charge in [-0.05, 0) is 77.6 Å². The summed E-state index contributed by atoms with van der Waals surface area (Å²) in [7, 11) is 6.69. The van der Waals surface area contributed by atoms with Gasteiger partial charge in [-0.2, -0.15) is 0 Å². The molecule has 0 aliphatic carbocycles. The van der Waals surface area contributed by atoms with E-state index in [4.69, 9.17) is 0 Å². The summed E-state index contributed by atoms with van der Waals surface area (Å²) >= 11 is 0. The molecular weight excluding hydrogens is 869 g/mol. The molecule has 10 atom stereocenters. The van der Waals surface area contributed by atoms with Crippen molar-refractivity contribution < 1.29 is 53.1 Å². The van der Waals surface area contributed by atoms with Gasteiger partial charge in [0.15, 0.2) is 0 Å². The Morgan fingerprint density at radius 1 is 0.448 bits per heavy atom. The van der Waals surface area contributed by atoms with Gasteiger partial charge in [-0.25, -0.2) is 4.79 Å². The maximum absolute atomic E-state index is 14.0. The average Bonchev–Trinajstić information content (AvgIpc) is 3.24. The zero-order chi connectivity index (χ0) is 52.5. The van der Waals surface area contributed by atoms with E-state index in [1.807, 2.05) is 55.4 Å². The minimum atomic E-state index is -1.52. The summed E-state index contributed by atoms with van der Waals surface area (Å²) in [6.07, 6.45) is -0.799. The molecule has 0 saturated carbocycles. The van der Waals surface area contributed by atoms with E-state index < -0.39 is 108 Å². The van der Waals surface area contributed by atoms with Gasteiger partial charge in [0, 0.05) is 41.2 Å². The highest BCUT2D eigenvalue weighted by molar-refractivity contribution is 6.00. The van der Waals surface area contributed by atoms with Crippen molar-refractivity contribution in [2.45, 2.75) is 171 Å². The fourth-order valence-corrected chi connectivity index (χ4v) is 6.88. The number of nitrogens with zero attached hydrogens (tertiary/aromatic N) is 4. The maximum Gasteiger partial charge on any atom is 0.323 e. The summed E-state index contributed by atoms with van der Waals surface area (Å²) in [6.45, 7) is 23.7. The van der Waals surface area contributed by atoms with E-state index in [0.717, 1.165) is 4.90 Å². The molecule has 384 valence electrons. The van der Waals surface area contributed by atoms with Crippen LogP contribution in [0, 0.1) is 29.6 Å². The Morgan fingerprint density at radius 3 is 1.31 bits per heavy atom. The van der Waals surface area contributed by atoms with Crippen molar-refractivity contribution in [3.8, 4) is 0 Å². The molecule has 0 aliphatic heterocycles. The summed E-state index contributed by atoms with van der Waals surface area (Å²) in [5, 5.41) is 25.7. The van der Waals surface area contributed by atoms with Gasteiger partial charge in [0.2, 0.25) is 47.3 Å². The molecule has 0 aromatic carbocycles. The molecule has 0 aliphatic rings. The van der Waals surface area contributed by atoms with Crippen LogP contribution in [0.5, 0.6) is 0 Å². The predicted molar refractivity (Wildman–Crippen MR) is 253 cm³/mol.